The molecule has 0 aliphatic rings. The number of methoxy groups -OCH3 is 1. The molecule has 2 aromatic carbocycles. The van der Waals surface area contributed by atoms with E-state index in [9.17, 15) is 44.7 Å². The van der Waals surface area contributed by atoms with Crippen LogP contribution in [0.2, 0.25) is 0 Å². The first-order chi connectivity index (χ1) is 14.8. The van der Waals surface area contributed by atoms with Gasteiger partial charge in [-0.05, 0) is 42.1 Å². The molecule has 32 heavy (non-hydrogen) atoms. The van der Waals surface area contributed by atoms with Crippen LogP contribution in [0.15, 0.2) is 41.3 Å². The lowest BCUT2D eigenvalue weighted by molar-refractivity contribution is -0.237. The highest BCUT2D eigenvalue weighted by atomic mass is 32.2. The number of ether oxygens (including phenoxy) is 1. The zero-order chi connectivity index (χ0) is 24.3. The highest BCUT2D eigenvalue weighted by Gasteiger charge is 2.58. The van der Waals surface area contributed by atoms with Crippen LogP contribution in [0, 0.1) is 17.5 Å². The average Bonchev–Trinajstić information content (AvgIpc) is 2.65. The Labute approximate surface area is 179 Å². The number of amides is 3. The van der Waals surface area contributed by atoms with Crippen molar-refractivity contribution in [2.45, 2.75) is 16.3 Å². The van der Waals surface area contributed by atoms with Gasteiger partial charge < -0.3 is 4.74 Å². The number of imide groups is 1. The molecule has 0 aliphatic heterocycles. The Balaban J connectivity index is 2.28. The van der Waals surface area contributed by atoms with Gasteiger partial charge in [-0.1, -0.05) is 6.07 Å². The molecule has 5 nitrogen and oxygen atoms in total. The van der Waals surface area contributed by atoms with Crippen LogP contribution in [0.1, 0.15) is 10.4 Å². The fourth-order valence-electron chi connectivity index (χ4n) is 2.28. The van der Waals surface area contributed by atoms with Crippen molar-refractivity contribution in [3.05, 3.63) is 59.4 Å². The van der Waals surface area contributed by atoms with Gasteiger partial charge >= 0.3 is 17.5 Å². The average molecular weight is 488 g/mol. The maximum Gasteiger partial charge on any atom is 0.464 e. The molecule has 174 valence electrons. The number of nitrogens with one attached hydrogen (secondary N) is 1. The summed E-state index contributed by atoms with van der Waals surface area (Å²) in [7, 11) is 1.06. The van der Waals surface area contributed by atoms with E-state index in [4.69, 9.17) is 0 Å². The first-order valence-electron chi connectivity index (χ1n) is 8.27. The summed E-state index contributed by atoms with van der Waals surface area (Å²) in [6, 6.07) is 2.74. The summed E-state index contributed by atoms with van der Waals surface area (Å²) in [5.41, 5.74) is -1.77. The van der Waals surface area contributed by atoms with Crippen molar-refractivity contribution in [1.29, 1.82) is 0 Å². The molecule has 0 bridgehead atoms. The fourth-order valence-corrected chi connectivity index (χ4v) is 2.99. The van der Waals surface area contributed by atoms with Gasteiger partial charge in [0.05, 0.1) is 5.69 Å². The Morgan fingerprint density at radius 3 is 2.09 bits per heavy atom. The van der Waals surface area contributed by atoms with E-state index in [1.165, 1.54) is 0 Å². The van der Waals surface area contributed by atoms with Crippen molar-refractivity contribution < 1.29 is 49.4 Å². The first-order valence-corrected chi connectivity index (χ1v) is 9.09. The number of benzene rings is 2. The van der Waals surface area contributed by atoms with Crippen LogP contribution in [0.5, 0.6) is 0 Å². The highest BCUT2D eigenvalue weighted by molar-refractivity contribution is 8.00. The van der Waals surface area contributed by atoms with Gasteiger partial charge in [0, 0.05) is 12.0 Å². The van der Waals surface area contributed by atoms with E-state index in [0.29, 0.717) is 23.1 Å². The summed E-state index contributed by atoms with van der Waals surface area (Å²) in [6.45, 7) is -0.721. The third-order valence-corrected chi connectivity index (χ3v) is 4.68. The maximum absolute atomic E-state index is 14.4. The van der Waals surface area contributed by atoms with Gasteiger partial charge in [0.25, 0.3) is 5.91 Å². The summed E-state index contributed by atoms with van der Waals surface area (Å²) in [6.07, 6.45) is -5.89. The lowest BCUT2D eigenvalue weighted by Crippen LogP contribution is -2.44. The van der Waals surface area contributed by atoms with Crippen LogP contribution >= 0.6 is 11.8 Å². The van der Waals surface area contributed by atoms with E-state index in [0.717, 1.165) is 25.3 Å². The van der Waals surface area contributed by atoms with Crippen molar-refractivity contribution in [1.82, 2.24) is 5.32 Å². The molecule has 0 aromatic heterocycles. The van der Waals surface area contributed by atoms with Gasteiger partial charge in [0.15, 0.2) is 0 Å². The summed E-state index contributed by atoms with van der Waals surface area (Å²) >= 11 is -0.966. The predicted molar refractivity (Wildman–Crippen MR) is 96.8 cm³/mol. The van der Waals surface area contributed by atoms with Gasteiger partial charge in [-0.2, -0.15) is 22.0 Å². The number of nitrogens with zero attached hydrogens (tertiary/aromatic N) is 1. The molecule has 3 amide bonds. The minimum absolute atomic E-state index is 0.313. The smallest absolute Gasteiger partial charge is 0.364 e. The molecule has 0 atom stereocenters. The van der Waals surface area contributed by atoms with Crippen LogP contribution in [0.25, 0.3) is 0 Å². The topological polar surface area (TPSA) is 58.6 Å². The number of carbonyl (C=O) groups excluding carboxylic acids is 2. The zero-order valence-electron chi connectivity index (χ0n) is 15.8. The molecule has 2 rings (SSSR count). The second-order valence-electron chi connectivity index (χ2n) is 5.93. The maximum atomic E-state index is 14.4. The van der Waals surface area contributed by atoms with E-state index < -0.39 is 75.5 Å². The van der Waals surface area contributed by atoms with E-state index in [1.807, 2.05) is 0 Å². The van der Waals surface area contributed by atoms with Gasteiger partial charge in [-0.25, -0.2) is 18.0 Å². The quantitative estimate of drug-likeness (QED) is 0.340. The fraction of sp³-hybridized carbons (Fsp3) is 0.222. The molecule has 0 saturated carbocycles. The second kappa shape index (κ2) is 9.73. The third-order valence-electron chi connectivity index (χ3n) is 3.70. The SMILES string of the molecule is COCN(C(=O)NC(=O)c1c(F)cccc1F)c1ccc(SC(F)(F)C(F)(F)F)cc1F. The van der Waals surface area contributed by atoms with Crippen LogP contribution in [-0.4, -0.2) is 37.2 Å². The lowest BCUT2D eigenvalue weighted by atomic mass is 10.2. The molecule has 0 fully saturated rings. The van der Waals surface area contributed by atoms with Crippen LogP contribution < -0.4 is 10.2 Å². The molecule has 0 radical (unpaired) electrons. The first kappa shape index (κ1) is 25.4. The van der Waals surface area contributed by atoms with Crippen molar-refractivity contribution in [2.24, 2.45) is 0 Å². The Morgan fingerprint density at radius 2 is 1.59 bits per heavy atom. The standard InChI is InChI=1S/C18H12F8N2O3S/c1-31-8-28(16(30)27-15(29)14-10(19)3-2-4-11(14)20)13-6-5-9(7-12(13)21)32-18(25,26)17(22,23)24/h2-7H,8H2,1H3,(H,27,29,30). The molecule has 0 aliphatic carbocycles. The van der Waals surface area contributed by atoms with Crippen LogP contribution in [-0.2, 0) is 4.74 Å². The monoisotopic (exact) mass is 488 g/mol. The van der Waals surface area contributed by atoms with Gasteiger partial charge in [0.1, 0.15) is 29.7 Å². The number of thioether (sulfide) groups is 1. The number of rotatable bonds is 6. The number of anilines is 1. The summed E-state index contributed by atoms with van der Waals surface area (Å²) < 4.78 is 110. The molecule has 2 aromatic rings. The van der Waals surface area contributed by atoms with Crippen molar-refractivity contribution in [2.75, 3.05) is 18.7 Å². The number of hydrogen-bond donors (Lipinski definition) is 1. The van der Waals surface area contributed by atoms with Crippen LogP contribution in [0.4, 0.5) is 45.6 Å². The normalized spacial score (nSPS) is 11.9. The third kappa shape index (κ3) is 5.68. The molecule has 0 heterocycles. The van der Waals surface area contributed by atoms with E-state index in [-0.39, 0.29) is 0 Å². The summed E-state index contributed by atoms with van der Waals surface area (Å²) in [4.78, 5) is 24.0. The van der Waals surface area contributed by atoms with Crippen molar-refractivity contribution in [3.63, 3.8) is 0 Å². The lowest BCUT2D eigenvalue weighted by Gasteiger charge is -2.23. The predicted octanol–water partition coefficient (Wildman–Crippen LogP) is 5.31. The van der Waals surface area contributed by atoms with Crippen molar-refractivity contribution >= 4 is 29.4 Å². The molecule has 0 spiro atoms. The van der Waals surface area contributed by atoms with Gasteiger partial charge in [-0.15, -0.1) is 0 Å². The van der Waals surface area contributed by atoms with E-state index in [1.54, 1.807) is 5.32 Å². The molecular weight excluding hydrogens is 476 g/mol. The Kier molecular flexibility index (Phi) is 7.72. The molecule has 0 unspecified atom stereocenters. The molecule has 14 heteroatoms. The molecule has 0 saturated heterocycles. The summed E-state index contributed by atoms with van der Waals surface area (Å²) in [5, 5.41) is -3.60. The Bertz CT molecular complexity index is 996. The second-order valence-corrected chi connectivity index (χ2v) is 7.12. The minimum atomic E-state index is -5.89. The van der Waals surface area contributed by atoms with E-state index >= 15 is 0 Å². The number of hydrogen-bond acceptors (Lipinski definition) is 4. The Hall–Kier alpha value is -2.87. The number of halogens is 8. The van der Waals surface area contributed by atoms with Gasteiger partial charge in [0.2, 0.25) is 0 Å². The number of alkyl halides is 5. The highest BCUT2D eigenvalue weighted by Crippen LogP contribution is 2.47. The minimum Gasteiger partial charge on any atom is -0.364 e. The van der Waals surface area contributed by atoms with Gasteiger partial charge in [-0.3, -0.25) is 15.0 Å². The molecule has 1 N–H and O–H groups in total. The van der Waals surface area contributed by atoms with E-state index in [2.05, 4.69) is 4.74 Å². The summed E-state index contributed by atoms with van der Waals surface area (Å²) in [5.74, 6) is -5.49. The molecular formula is C18H12F8N2O3S. The van der Waals surface area contributed by atoms with Crippen LogP contribution in [0.3, 0.4) is 0 Å². The zero-order valence-corrected chi connectivity index (χ0v) is 16.6. The van der Waals surface area contributed by atoms with Crippen molar-refractivity contribution in [3.8, 4) is 0 Å². The number of urea groups is 1. The largest absolute Gasteiger partial charge is 0.464 e. The Morgan fingerprint density at radius 1 is 1.00 bits per heavy atom. The number of carbonyl (C=O) groups is 2.